The van der Waals surface area contributed by atoms with Gasteiger partial charge < -0.3 is 5.11 Å². The first-order valence-corrected chi connectivity index (χ1v) is 3.44. The lowest BCUT2D eigenvalue weighted by atomic mass is 10.2. The largest absolute Gasteiger partial charge is 0.493 e. The van der Waals surface area contributed by atoms with E-state index in [0.29, 0.717) is 10.9 Å². The van der Waals surface area contributed by atoms with Crippen LogP contribution < -0.4 is 5.56 Å². The number of hydrogen-bond acceptors (Lipinski definition) is 3. The van der Waals surface area contributed by atoms with Crippen LogP contribution in [0.1, 0.15) is 0 Å². The summed E-state index contributed by atoms with van der Waals surface area (Å²) in [7, 11) is 0. The molecule has 0 atom stereocenters. The van der Waals surface area contributed by atoms with Crippen LogP contribution in [0.2, 0.25) is 0 Å². The van der Waals surface area contributed by atoms with Gasteiger partial charge in [0.05, 0.1) is 0 Å². The van der Waals surface area contributed by atoms with Crippen LogP contribution in [0, 0.1) is 0 Å². The summed E-state index contributed by atoms with van der Waals surface area (Å²) in [5.74, 6) is -0.182. The van der Waals surface area contributed by atoms with Crippen molar-refractivity contribution in [3.63, 3.8) is 0 Å². The SMILES string of the molecule is O=c1cc2cccnc2c(O)[nH]1. The molecule has 0 amide bonds. The average molecular weight is 162 g/mol. The van der Waals surface area contributed by atoms with Crippen LogP contribution >= 0.6 is 0 Å². The van der Waals surface area contributed by atoms with Crippen molar-refractivity contribution >= 4 is 10.9 Å². The number of pyridine rings is 2. The van der Waals surface area contributed by atoms with Gasteiger partial charge in [-0.25, -0.2) is 0 Å². The summed E-state index contributed by atoms with van der Waals surface area (Å²) in [5, 5.41) is 9.87. The molecule has 0 bridgehead atoms. The van der Waals surface area contributed by atoms with Crippen molar-refractivity contribution in [2.75, 3.05) is 0 Å². The van der Waals surface area contributed by atoms with Gasteiger partial charge in [-0.1, -0.05) is 6.07 Å². The highest BCUT2D eigenvalue weighted by Gasteiger charge is 2.00. The Hall–Kier alpha value is -1.84. The highest BCUT2D eigenvalue weighted by Crippen LogP contribution is 2.15. The molecule has 2 aromatic rings. The third kappa shape index (κ3) is 0.934. The van der Waals surface area contributed by atoms with Crippen LogP contribution in [0.3, 0.4) is 0 Å². The number of aromatic amines is 1. The van der Waals surface area contributed by atoms with E-state index in [-0.39, 0.29) is 11.4 Å². The lowest BCUT2D eigenvalue weighted by Crippen LogP contribution is -2.03. The minimum Gasteiger partial charge on any atom is -0.493 e. The van der Waals surface area contributed by atoms with Crippen LogP contribution in [0.25, 0.3) is 10.9 Å². The highest BCUT2D eigenvalue weighted by molar-refractivity contribution is 5.81. The van der Waals surface area contributed by atoms with Gasteiger partial charge in [0, 0.05) is 17.6 Å². The second-order valence-corrected chi connectivity index (χ2v) is 2.42. The molecule has 12 heavy (non-hydrogen) atoms. The molecule has 0 saturated heterocycles. The fourth-order valence-corrected chi connectivity index (χ4v) is 1.09. The van der Waals surface area contributed by atoms with E-state index in [2.05, 4.69) is 9.97 Å². The topological polar surface area (TPSA) is 66.0 Å². The summed E-state index contributed by atoms with van der Waals surface area (Å²) in [4.78, 5) is 17.0. The molecule has 0 aromatic carbocycles. The van der Waals surface area contributed by atoms with Crippen molar-refractivity contribution in [2.45, 2.75) is 0 Å². The van der Waals surface area contributed by atoms with Crippen LogP contribution in [-0.2, 0) is 0 Å². The number of H-pyrrole nitrogens is 1. The number of fused-ring (bicyclic) bond motifs is 1. The number of hydrogen-bond donors (Lipinski definition) is 2. The van der Waals surface area contributed by atoms with Crippen molar-refractivity contribution in [1.82, 2.24) is 9.97 Å². The number of aromatic hydroxyl groups is 1. The van der Waals surface area contributed by atoms with E-state index in [9.17, 15) is 9.90 Å². The van der Waals surface area contributed by atoms with E-state index in [1.54, 1.807) is 18.3 Å². The van der Waals surface area contributed by atoms with Gasteiger partial charge in [0.2, 0.25) is 5.88 Å². The second kappa shape index (κ2) is 2.34. The molecule has 0 spiro atoms. The molecule has 0 radical (unpaired) electrons. The highest BCUT2D eigenvalue weighted by atomic mass is 16.3. The number of nitrogens with zero attached hydrogens (tertiary/aromatic N) is 1. The summed E-state index contributed by atoms with van der Waals surface area (Å²) < 4.78 is 0. The van der Waals surface area contributed by atoms with Crippen LogP contribution in [0.5, 0.6) is 5.88 Å². The first-order chi connectivity index (χ1) is 5.77. The molecular formula is C8H6N2O2. The molecule has 0 aliphatic rings. The van der Waals surface area contributed by atoms with Gasteiger partial charge in [-0.3, -0.25) is 14.8 Å². The van der Waals surface area contributed by atoms with Crippen molar-refractivity contribution in [3.05, 3.63) is 34.7 Å². The molecule has 4 nitrogen and oxygen atoms in total. The molecule has 0 aliphatic heterocycles. The number of aromatic nitrogens is 2. The molecule has 60 valence electrons. The molecule has 2 aromatic heterocycles. The second-order valence-electron chi connectivity index (χ2n) is 2.42. The third-order valence-corrected chi connectivity index (χ3v) is 1.59. The van der Waals surface area contributed by atoms with Gasteiger partial charge in [0.15, 0.2) is 0 Å². The lowest BCUT2D eigenvalue weighted by Gasteiger charge is -1.96. The molecule has 2 rings (SSSR count). The minimum absolute atomic E-state index is 0.182. The molecule has 0 saturated carbocycles. The summed E-state index contributed by atoms with van der Waals surface area (Å²) in [6, 6.07) is 4.82. The van der Waals surface area contributed by atoms with Crippen molar-refractivity contribution < 1.29 is 5.11 Å². The fourth-order valence-electron chi connectivity index (χ4n) is 1.09. The maximum absolute atomic E-state index is 10.9. The molecule has 0 fully saturated rings. The zero-order valence-electron chi connectivity index (χ0n) is 6.11. The summed E-state index contributed by atoms with van der Waals surface area (Å²) >= 11 is 0. The van der Waals surface area contributed by atoms with Gasteiger partial charge in [0.1, 0.15) is 5.52 Å². The van der Waals surface area contributed by atoms with E-state index >= 15 is 0 Å². The maximum atomic E-state index is 10.9. The smallest absolute Gasteiger partial charge is 0.251 e. The summed E-state index contributed by atoms with van der Waals surface area (Å²) in [6.07, 6.45) is 1.56. The van der Waals surface area contributed by atoms with Gasteiger partial charge in [-0.05, 0) is 6.07 Å². The summed E-state index contributed by atoms with van der Waals surface area (Å²) in [5.41, 5.74) is 0.0881. The molecule has 2 N–H and O–H groups in total. The zero-order valence-corrected chi connectivity index (χ0v) is 6.11. The van der Waals surface area contributed by atoms with Crippen LogP contribution in [0.15, 0.2) is 29.2 Å². The Morgan fingerprint density at radius 3 is 3.17 bits per heavy atom. The van der Waals surface area contributed by atoms with Crippen LogP contribution in [-0.4, -0.2) is 15.1 Å². The van der Waals surface area contributed by atoms with E-state index in [4.69, 9.17) is 0 Å². The number of nitrogens with one attached hydrogen (secondary N) is 1. The molecule has 0 aliphatic carbocycles. The van der Waals surface area contributed by atoms with Crippen LogP contribution in [0.4, 0.5) is 0 Å². The quantitative estimate of drug-likeness (QED) is 0.597. The Balaban J connectivity index is 2.99. The Bertz CT molecular complexity index is 476. The van der Waals surface area contributed by atoms with Crippen molar-refractivity contribution in [3.8, 4) is 5.88 Å². The first-order valence-electron chi connectivity index (χ1n) is 3.44. The molecule has 2 heterocycles. The zero-order chi connectivity index (χ0) is 8.55. The Labute approximate surface area is 67.5 Å². The normalized spacial score (nSPS) is 10.3. The van der Waals surface area contributed by atoms with Crippen molar-refractivity contribution in [1.29, 1.82) is 0 Å². The van der Waals surface area contributed by atoms with Crippen molar-refractivity contribution in [2.24, 2.45) is 0 Å². The number of rotatable bonds is 0. The lowest BCUT2D eigenvalue weighted by molar-refractivity contribution is 0.457. The predicted molar refractivity (Wildman–Crippen MR) is 44.0 cm³/mol. The molecule has 4 heteroatoms. The predicted octanol–water partition coefficient (Wildman–Crippen LogP) is 0.629. The first kappa shape index (κ1) is 6.84. The Kier molecular flexibility index (Phi) is 1.33. The average Bonchev–Trinajstić information content (AvgIpc) is 2.04. The molecular weight excluding hydrogens is 156 g/mol. The van der Waals surface area contributed by atoms with Gasteiger partial charge in [0.25, 0.3) is 5.56 Å². The fraction of sp³-hybridized carbons (Fsp3) is 0. The van der Waals surface area contributed by atoms with Gasteiger partial charge >= 0.3 is 0 Å². The monoisotopic (exact) mass is 162 g/mol. The summed E-state index contributed by atoms with van der Waals surface area (Å²) in [6.45, 7) is 0. The minimum atomic E-state index is -0.326. The van der Waals surface area contributed by atoms with Gasteiger partial charge in [-0.2, -0.15) is 0 Å². The molecule has 0 unspecified atom stereocenters. The maximum Gasteiger partial charge on any atom is 0.251 e. The van der Waals surface area contributed by atoms with E-state index in [1.807, 2.05) is 0 Å². The van der Waals surface area contributed by atoms with E-state index in [0.717, 1.165) is 0 Å². The Morgan fingerprint density at radius 1 is 1.50 bits per heavy atom. The van der Waals surface area contributed by atoms with E-state index in [1.165, 1.54) is 6.07 Å². The standard InChI is InChI=1S/C8H6N2O2/c11-6-4-5-2-1-3-9-7(5)8(12)10-6/h1-4H,(H2,10,11,12). The Morgan fingerprint density at radius 2 is 2.33 bits per heavy atom. The van der Waals surface area contributed by atoms with E-state index < -0.39 is 0 Å². The van der Waals surface area contributed by atoms with Gasteiger partial charge in [-0.15, -0.1) is 0 Å². The third-order valence-electron chi connectivity index (χ3n) is 1.59.